The molecule has 1 N–H and O–H groups in total. The number of para-hydroxylation sites is 1. The van der Waals surface area contributed by atoms with E-state index in [4.69, 9.17) is 11.6 Å². The number of aromatic nitrogens is 1. The van der Waals surface area contributed by atoms with Crippen LogP contribution in [0.4, 0.5) is 17.1 Å². The van der Waals surface area contributed by atoms with E-state index < -0.39 is 0 Å². The van der Waals surface area contributed by atoms with Gasteiger partial charge in [0.05, 0.1) is 17.4 Å². The fourth-order valence-electron chi connectivity index (χ4n) is 2.47. The number of pyridine rings is 1. The zero-order valence-corrected chi connectivity index (χ0v) is 14.8. The van der Waals surface area contributed by atoms with Crippen LogP contribution in [0.25, 0.3) is 0 Å². The van der Waals surface area contributed by atoms with Gasteiger partial charge in [0, 0.05) is 29.6 Å². The lowest BCUT2D eigenvalue weighted by Crippen LogP contribution is -2.26. The number of aryl methyl sites for hydroxylation is 1. The molecule has 0 bridgehead atoms. The molecule has 0 atom stereocenters. The van der Waals surface area contributed by atoms with E-state index in [1.807, 2.05) is 55.5 Å². The minimum absolute atomic E-state index is 0.120. The van der Waals surface area contributed by atoms with E-state index in [9.17, 15) is 4.79 Å². The SMILES string of the molecule is Cc1ccc(Cl)cc1Nc1cncc(C(=O)N(C)c2ccccc2)c1. The van der Waals surface area contributed by atoms with Crippen LogP contribution in [0.3, 0.4) is 0 Å². The van der Waals surface area contributed by atoms with Gasteiger partial charge >= 0.3 is 0 Å². The molecule has 0 saturated heterocycles. The summed E-state index contributed by atoms with van der Waals surface area (Å²) in [7, 11) is 1.75. The molecule has 0 aliphatic heterocycles. The minimum atomic E-state index is -0.120. The number of hydrogen-bond acceptors (Lipinski definition) is 3. The summed E-state index contributed by atoms with van der Waals surface area (Å²) in [6, 6.07) is 16.9. The molecule has 0 fully saturated rings. The molecule has 3 rings (SSSR count). The highest BCUT2D eigenvalue weighted by Crippen LogP contribution is 2.24. The molecule has 0 aliphatic rings. The Labute approximate surface area is 152 Å². The zero-order valence-electron chi connectivity index (χ0n) is 14.0. The van der Waals surface area contributed by atoms with Gasteiger partial charge in [0.15, 0.2) is 0 Å². The second-order valence-corrected chi connectivity index (χ2v) is 6.18. The minimum Gasteiger partial charge on any atom is -0.354 e. The van der Waals surface area contributed by atoms with E-state index in [2.05, 4.69) is 10.3 Å². The Morgan fingerprint density at radius 3 is 2.60 bits per heavy atom. The highest BCUT2D eigenvalue weighted by atomic mass is 35.5. The Kier molecular flexibility index (Phi) is 5.00. The van der Waals surface area contributed by atoms with Crippen LogP contribution < -0.4 is 10.2 Å². The first-order valence-corrected chi connectivity index (χ1v) is 8.24. The van der Waals surface area contributed by atoms with E-state index in [0.717, 1.165) is 22.6 Å². The van der Waals surface area contributed by atoms with Gasteiger partial charge in [-0.3, -0.25) is 9.78 Å². The summed E-state index contributed by atoms with van der Waals surface area (Å²) >= 11 is 6.06. The van der Waals surface area contributed by atoms with E-state index in [1.165, 1.54) is 0 Å². The fourth-order valence-corrected chi connectivity index (χ4v) is 2.64. The number of carbonyl (C=O) groups excluding carboxylic acids is 1. The predicted molar refractivity (Wildman–Crippen MR) is 103 cm³/mol. The molecule has 0 saturated carbocycles. The summed E-state index contributed by atoms with van der Waals surface area (Å²) < 4.78 is 0. The summed E-state index contributed by atoms with van der Waals surface area (Å²) in [6.45, 7) is 1.99. The molecule has 4 nitrogen and oxygen atoms in total. The number of carbonyl (C=O) groups is 1. The molecule has 126 valence electrons. The maximum atomic E-state index is 12.7. The lowest BCUT2D eigenvalue weighted by molar-refractivity contribution is 0.0992. The maximum Gasteiger partial charge on any atom is 0.259 e. The summed E-state index contributed by atoms with van der Waals surface area (Å²) in [4.78, 5) is 18.5. The first-order valence-electron chi connectivity index (χ1n) is 7.86. The summed E-state index contributed by atoms with van der Waals surface area (Å²) in [5.74, 6) is -0.120. The molecule has 5 heteroatoms. The molecular weight excluding hydrogens is 334 g/mol. The van der Waals surface area contributed by atoms with Gasteiger partial charge < -0.3 is 10.2 Å². The number of amides is 1. The normalized spacial score (nSPS) is 10.4. The molecule has 3 aromatic rings. The zero-order chi connectivity index (χ0) is 17.8. The van der Waals surface area contributed by atoms with Gasteiger partial charge in [0.2, 0.25) is 0 Å². The van der Waals surface area contributed by atoms with Gasteiger partial charge in [0.25, 0.3) is 5.91 Å². The van der Waals surface area contributed by atoms with Crippen LogP contribution in [0.2, 0.25) is 5.02 Å². The Balaban J connectivity index is 1.84. The standard InChI is InChI=1S/C20H18ClN3O/c1-14-8-9-16(21)11-19(14)23-17-10-15(12-22-13-17)20(25)24(2)18-6-4-3-5-7-18/h3-13,23H,1-2H3. The largest absolute Gasteiger partial charge is 0.354 e. The third-order valence-corrected chi connectivity index (χ3v) is 4.15. The van der Waals surface area contributed by atoms with Crippen LogP contribution >= 0.6 is 11.6 Å². The van der Waals surface area contributed by atoms with Crippen molar-refractivity contribution in [3.05, 3.63) is 83.1 Å². The fraction of sp³-hybridized carbons (Fsp3) is 0.100. The second-order valence-electron chi connectivity index (χ2n) is 5.75. The van der Waals surface area contributed by atoms with Crippen LogP contribution in [-0.2, 0) is 0 Å². The second kappa shape index (κ2) is 7.36. The Morgan fingerprint density at radius 2 is 1.84 bits per heavy atom. The average molecular weight is 352 g/mol. The highest BCUT2D eigenvalue weighted by molar-refractivity contribution is 6.30. The molecule has 1 amide bonds. The third-order valence-electron chi connectivity index (χ3n) is 3.91. The Hall–Kier alpha value is -2.85. The Bertz CT molecular complexity index is 896. The van der Waals surface area contributed by atoms with E-state index in [0.29, 0.717) is 10.6 Å². The maximum absolute atomic E-state index is 12.7. The van der Waals surface area contributed by atoms with Crippen molar-refractivity contribution in [2.75, 3.05) is 17.3 Å². The Morgan fingerprint density at radius 1 is 1.08 bits per heavy atom. The van der Waals surface area contributed by atoms with E-state index in [1.54, 1.807) is 30.4 Å². The topological polar surface area (TPSA) is 45.2 Å². The number of halogens is 1. The number of rotatable bonds is 4. The number of anilines is 3. The summed E-state index contributed by atoms with van der Waals surface area (Å²) in [6.07, 6.45) is 3.25. The molecule has 2 aromatic carbocycles. The summed E-state index contributed by atoms with van der Waals surface area (Å²) in [5.41, 5.74) is 4.02. The third kappa shape index (κ3) is 3.98. The van der Waals surface area contributed by atoms with Crippen LogP contribution in [0.5, 0.6) is 0 Å². The van der Waals surface area contributed by atoms with E-state index in [-0.39, 0.29) is 5.91 Å². The van der Waals surface area contributed by atoms with Gasteiger partial charge in [-0.15, -0.1) is 0 Å². The monoisotopic (exact) mass is 351 g/mol. The van der Waals surface area contributed by atoms with Gasteiger partial charge in [0.1, 0.15) is 0 Å². The van der Waals surface area contributed by atoms with Crippen LogP contribution in [0, 0.1) is 6.92 Å². The summed E-state index contributed by atoms with van der Waals surface area (Å²) in [5, 5.41) is 3.92. The van der Waals surface area contributed by atoms with E-state index >= 15 is 0 Å². The van der Waals surface area contributed by atoms with Gasteiger partial charge in [-0.05, 0) is 42.8 Å². The van der Waals surface area contributed by atoms with Gasteiger partial charge in [-0.25, -0.2) is 0 Å². The predicted octanol–water partition coefficient (Wildman–Crippen LogP) is 5.06. The smallest absolute Gasteiger partial charge is 0.259 e. The molecule has 0 radical (unpaired) electrons. The molecule has 1 heterocycles. The van der Waals surface area contributed by atoms with Crippen molar-refractivity contribution in [2.45, 2.75) is 6.92 Å². The van der Waals surface area contributed by atoms with Crippen LogP contribution in [0.1, 0.15) is 15.9 Å². The number of hydrogen-bond donors (Lipinski definition) is 1. The molecule has 0 spiro atoms. The quantitative estimate of drug-likeness (QED) is 0.714. The van der Waals surface area contributed by atoms with Gasteiger partial charge in [-0.1, -0.05) is 35.9 Å². The molecule has 1 aromatic heterocycles. The molecule has 0 aliphatic carbocycles. The molecule has 0 unspecified atom stereocenters. The number of nitrogens with zero attached hydrogens (tertiary/aromatic N) is 2. The first-order chi connectivity index (χ1) is 12.0. The molecular formula is C20H18ClN3O. The van der Waals surface area contributed by atoms with Crippen molar-refractivity contribution < 1.29 is 4.79 Å². The lowest BCUT2D eigenvalue weighted by atomic mass is 10.2. The highest BCUT2D eigenvalue weighted by Gasteiger charge is 2.14. The average Bonchev–Trinajstić information content (AvgIpc) is 2.64. The number of benzene rings is 2. The van der Waals surface area contributed by atoms with Crippen molar-refractivity contribution in [3.8, 4) is 0 Å². The van der Waals surface area contributed by atoms with Crippen molar-refractivity contribution >= 4 is 34.6 Å². The van der Waals surface area contributed by atoms with Crippen LogP contribution in [0.15, 0.2) is 67.0 Å². The van der Waals surface area contributed by atoms with Crippen molar-refractivity contribution in [1.82, 2.24) is 4.98 Å². The van der Waals surface area contributed by atoms with Gasteiger partial charge in [-0.2, -0.15) is 0 Å². The lowest BCUT2D eigenvalue weighted by Gasteiger charge is -2.17. The first kappa shape index (κ1) is 17.0. The number of nitrogens with one attached hydrogen (secondary N) is 1. The molecule has 25 heavy (non-hydrogen) atoms. The van der Waals surface area contributed by atoms with Crippen LogP contribution in [-0.4, -0.2) is 17.9 Å². The van der Waals surface area contributed by atoms with Crippen molar-refractivity contribution in [1.29, 1.82) is 0 Å². The van der Waals surface area contributed by atoms with Crippen molar-refractivity contribution in [3.63, 3.8) is 0 Å². The van der Waals surface area contributed by atoms with Crippen molar-refractivity contribution in [2.24, 2.45) is 0 Å².